The molecule has 1 aromatic carbocycles. The summed E-state index contributed by atoms with van der Waals surface area (Å²) in [6.07, 6.45) is -2.63. The maximum absolute atomic E-state index is 12.2. The number of hydrogen-bond acceptors (Lipinski definition) is 3. The van der Waals surface area contributed by atoms with Crippen LogP contribution in [-0.2, 0) is 0 Å². The number of alkyl halides is 2. The van der Waals surface area contributed by atoms with Gasteiger partial charge in [0.2, 0.25) is 0 Å². The van der Waals surface area contributed by atoms with E-state index in [1.807, 2.05) is 0 Å². The van der Waals surface area contributed by atoms with Gasteiger partial charge in [-0.25, -0.2) is 8.78 Å². The first-order valence-corrected chi connectivity index (χ1v) is 3.97. The zero-order valence-corrected chi connectivity index (χ0v) is 8.80. The van der Waals surface area contributed by atoms with E-state index in [1.165, 1.54) is 25.3 Å². The van der Waals surface area contributed by atoms with Crippen molar-refractivity contribution >= 4 is 12.4 Å². The third-order valence-corrected chi connectivity index (χ3v) is 1.86. The number of ether oxygens (including phenoxy) is 1. The number of benzene rings is 1. The van der Waals surface area contributed by atoms with Crippen molar-refractivity contribution in [2.75, 3.05) is 7.11 Å². The summed E-state index contributed by atoms with van der Waals surface area (Å²) in [7, 11) is 1.34. The van der Waals surface area contributed by atoms with Crippen LogP contribution < -0.4 is 10.5 Å². The molecule has 0 radical (unpaired) electrons. The summed E-state index contributed by atoms with van der Waals surface area (Å²) in [5.41, 5.74) is 5.46. The molecule has 0 amide bonds. The molecule has 0 unspecified atom stereocenters. The van der Waals surface area contributed by atoms with Crippen molar-refractivity contribution in [1.82, 2.24) is 0 Å². The predicted molar refractivity (Wildman–Crippen MR) is 54.8 cm³/mol. The fourth-order valence-corrected chi connectivity index (χ4v) is 1.05. The van der Waals surface area contributed by atoms with Crippen LogP contribution in [0.4, 0.5) is 8.78 Å². The highest BCUT2D eigenvalue weighted by molar-refractivity contribution is 5.85. The lowest BCUT2D eigenvalue weighted by Gasteiger charge is -2.12. The zero-order valence-electron chi connectivity index (χ0n) is 7.98. The summed E-state index contributed by atoms with van der Waals surface area (Å²) in [5.74, 6) is 0.0383. The Hall–Kier alpha value is -1.07. The standard InChI is InChI=1S/C9H11F2NO2.ClH/c1-14-7-4-5(2-3-6(7)13)8(12)9(10)11;/h2-4,8-9,13H,12H2,1H3;1H/t8-;/m1./s1. The molecule has 0 bridgehead atoms. The van der Waals surface area contributed by atoms with Gasteiger partial charge in [-0.05, 0) is 17.7 Å². The molecule has 0 aliphatic heterocycles. The smallest absolute Gasteiger partial charge is 0.257 e. The molecule has 0 saturated heterocycles. The van der Waals surface area contributed by atoms with Crippen molar-refractivity contribution in [1.29, 1.82) is 0 Å². The first-order valence-electron chi connectivity index (χ1n) is 3.97. The third kappa shape index (κ3) is 3.21. The largest absolute Gasteiger partial charge is 0.504 e. The van der Waals surface area contributed by atoms with Crippen LogP contribution in [0.25, 0.3) is 0 Å². The lowest BCUT2D eigenvalue weighted by molar-refractivity contribution is 0.116. The van der Waals surface area contributed by atoms with Crippen LogP contribution in [0, 0.1) is 0 Å². The second-order valence-corrected chi connectivity index (χ2v) is 2.79. The molecule has 0 heterocycles. The van der Waals surface area contributed by atoms with Gasteiger partial charge in [-0.15, -0.1) is 12.4 Å². The molecule has 0 aliphatic rings. The molecule has 0 fully saturated rings. The van der Waals surface area contributed by atoms with Gasteiger partial charge in [0.25, 0.3) is 6.43 Å². The van der Waals surface area contributed by atoms with Crippen molar-refractivity contribution in [2.45, 2.75) is 12.5 Å². The van der Waals surface area contributed by atoms with Crippen LogP contribution >= 0.6 is 12.4 Å². The highest BCUT2D eigenvalue weighted by Crippen LogP contribution is 2.29. The van der Waals surface area contributed by atoms with Crippen LogP contribution in [0.2, 0.25) is 0 Å². The molecule has 0 spiro atoms. The number of rotatable bonds is 3. The van der Waals surface area contributed by atoms with E-state index < -0.39 is 12.5 Å². The highest BCUT2D eigenvalue weighted by Gasteiger charge is 2.18. The summed E-state index contributed by atoms with van der Waals surface area (Å²) < 4.78 is 29.2. The molecular weight excluding hydrogens is 228 g/mol. The second kappa shape index (κ2) is 5.72. The minimum Gasteiger partial charge on any atom is -0.504 e. The van der Waals surface area contributed by atoms with Gasteiger partial charge >= 0.3 is 0 Å². The van der Waals surface area contributed by atoms with E-state index in [9.17, 15) is 13.9 Å². The van der Waals surface area contributed by atoms with Gasteiger partial charge in [-0.3, -0.25) is 0 Å². The third-order valence-electron chi connectivity index (χ3n) is 1.86. The Morgan fingerprint density at radius 2 is 2.00 bits per heavy atom. The zero-order chi connectivity index (χ0) is 10.7. The van der Waals surface area contributed by atoms with Crippen molar-refractivity contribution in [2.24, 2.45) is 5.73 Å². The van der Waals surface area contributed by atoms with E-state index in [0.717, 1.165) is 0 Å². The Labute approximate surface area is 92.3 Å². The van der Waals surface area contributed by atoms with Gasteiger partial charge in [-0.2, -0.15) is 0 Å². The monoisotopic (exact) mass is 239 g/mol. The number of aromatic hydroxyl groups is 1. The average Bonchev–Trinajstić information content (AvgIpc) is 2.17. The van der Waals surface area contributed by atoms with Crippen molar-refractivity contribution in [3.05, 3.63) is 23.8 Å². The molecule has 0 aliphatic carbocycles. The van der Waals surface area contributed by atoms with Gasteiger partial charge in [0.05, 0.1) is 13.2 Å². The minimum absolute atomic E-state index is 0. The number of hydrogen-bond donors (Lipinski definition) is 2. The van der Waals surface area contributed by atoms with Gasteiger partial charge in [-0.1, -0.05) is 6.07 Å². The van der Waals surface area contributed by atoms with E-state index in [1.54, 1.807) is 0 Å². The molecule has 1 aromatic rings. The number of nitrogens with two attached hydrogens (primary N) is 1. The second-order valence-electron chi connectivity index (χ2n) is 2.79. The van der Waals surface area contributed by atoms with E-state index in [2.05, 4.69) is 0 Å². The molecule has 6 heteroatoms. The SMILES string of the molecule is COc1cc([C@@H](N)C(F)F)ccc1O.Cl. The Kier molecular flexibility index (Phi) is 5.32. The minimum atomic E-state index is -2.63. The lowest BCUT2D eigenvalue weighted by Crippen LogP contribution is -2.18. The van der Waals surface area contributed by atoms with Gasteiger partial charge in [0.1, 0.15) is 0 Å². The Morgan fingerprint density at radius 3 is 2.47 bits per heavy atom. The maximum Gasteiger partial charge on any atom is 0.257 e. The van der Waals surface area contributed by atoms with Crippen LogP contribution in [0.3, 0.4) is 0 Å². The van der Waals surface area contributed by atoms with Gasteiger partial charge in [0.15, 0.2) is 11.5 Å². The molecule has 3 nitrogen and oxygen atoms in total. The fourth-order valence-electron chi connectivity index (χ4n) is 1.05. The Balaban J connectivity index is 0.00000196. The number of methoxy groups -OCH3 is 1. The van der Waals surface area contributed by atoms with Crippen molar-refractivity contribution in [3.8, 4) is 11.5 Å². The molecular formula is C9H12ClF2NO2. The highest BCUT2D eigenvalue weighted by atomic mass is 35.5. The topological polar surface area (TPSA) is 55.5 Å². The quantitative estimate of drug-likeness (QED) is 0.849. The van der Waals surface area contributed by atoms with E-state index in [-0.39, 0.29) is 29.5 Å². The summed E-state index contributed by atoms with van der Waals surface area (Å²) in [6.45, 7) is 0. The van der Waals surface area contributed by atoms with Crippen LogP contribution in [0.1, 0.15) is 11.6 Å². The Morgan fingerprint density at radius 1 is 1.40 bits per heavy atom. The fraction of sp³-hybridized carbons (Fsp3) is 0.333. The van der Waals surface area contributed by atoms with E-state index in [4.69, 9.17) is 10.5 Å². The molecule has 1 rings (SSSR count). The normalized spacial score (nSPS) is 12.1. The average molecular weight is 240 g/mol. The first kappa shape index (κ1) is 13.9. The van der Waals surface area contributed by atoms with Crippen LogP contribution in [0.15, 0.2) is 18.2 Å². The number of phenols is 1. The summed E-state index contributed by atoms with van der Waals surface area (Å²) in [5, 5.41) is 9.20. The first-order chi connectivity index (χ1) is 6.56. The number of phenolic OH excluding ortho intramolecular Hbond substituents is 1. The van der Waals surface area contributed by atoms with Crippen LogP contribution in [-0.4, -0.2) is 18.6 Å². The molecule has 0 aromatic heterocycles. The summed E-state index contributed by atoms with van der Waals surface area (Å²) in [4.78, 5) is 0. The molecule has 1 atom stereocenters. The molecule has 3 N–H and O–H groups in total. The Bertz CT molecular complexity index is 323. The van der Waals surface area contributed by atoms with Gasteiger partial charge < -0.3 is 15.6 Å². The summed E-state index contributed by atoms with van der Waals surface area (Å²) in [6, 6.07) is 2.56. The predicted octanol–water partition coefficient (Wildman–Crippen LogP) is 2.09. The molecule has 0 saturated carbocycles. The van der Waals surface area contributed by atoms with Crippen molar-refractivity contribution < 1.29 is 18.6 Å². The summed E-state index contributed by atoms with van der Waals surface area (Å²) >= 11 is 0. The van der Waals surface area contributed by atoms with E-state index >= 15 is 0 Å². The molecule has 86 valence electrons. The van der Waals surface area contributed by atoms with Gasteiger partial charge in [0, 0.05) is 0 Å². The lowest BCUT2D eigenvalue weighted by atomic mass is 10.1. The van der Waals surface area contributed by atoms with Crippen LogP contribution in [0.5, 0.6) is 11.5 Å². The number of halogens is 3. The van der Waals surface area contributed by atoms with Crippen molar-refractivity contribution in [3.63, 3.8) is 0 Å². The maximum atomic E-state index is 12.2. The van der Waals surface area contributed by atoms with E-state index in [0.29, 0.717) is 0 Å². The molecule has 15 heavy (non-hydrogen) atoms.